The first-order valence-electron chi connectivity index (χ1n) is 27.7. The monoisotopic (exact) mass is 883 g/mol. The molecule has 63 heavy (non-hydrogen) atoms. The molecule has 368 valence electrons. The smallest absolute Gasteiger partial charge is 0.306 e. The van der Waals surface area contributed by atoms with Gasteiger partial charge in [-0.3, -0.25) is 9.59 Å². The second-order valence-electron chi connectivity index (χ2n) is 18.5. The largest absolute Gasteiger partial charge is 0.462 e. The van der Waals surface area contributed by atoms with Crippen molar-refractivity contribution in [1.82, 2.24) is 0 Å². The zero-order chi connectivity index (χ0) is 45.6. The van der Waals surface area contributed by atoms with E-state index in [9.17, 15) is 9.59 Å². The summed E-state index contributed by atoms with van der Waals surface area (Å²) in [5.74, 6) is -0.418. The minimum Gasteiger partial charge on any atom is -0.462 e. The van der Waals surface area contributed by atoms with Crippen LogP contribution in [0.15, 0.2) is 48.6 Å². The summed E-state index contributed by atoms with van der Waals surface area (Å²) < 4.78 is 17.4. The van der Waals surface area contributed by atoms with E-state index in [-0.39, 0.29) is 25.2 Å². The molecule has 0 radical (unpaired) electrons. The molecule has 0 aliphatic rings. The van der Waals surface area contributed by atoms with Gasteiger partial charge in [-0.2, -0.15) is 0 Å². The van der Waals surface area contributed by atoms with E-state index in [1.807, 2.05) is 0 Å². The highest BCUT2D eigenvalue weighted by Crippen LogP contribution is 2.16. The molecule has 0 saturated carbocycles. The quantitative estimate of drug-likeness (QED) is 0.0346. The molecule has 0 heterocycles. The molecule has 0 saturated heterocycles. The number of esters is 2. The fraction of sp³-hybridized carbons (Fsp3) is 0.828. The Kier molecular flexibility index (Phi) is 52.4. The summed E-state index contributed by atoms with van der Waals surface area (Å²) in [7, 11) is 0. The number of ether oxygens (including phenoxy) is 3. The molecule has 0 N–H and O–H groups in total. The summed E-state index contributed by atoms with van der Waals surface area (Å²) in [5, 5.41) is 0. The minimum atomic E-state index is -0.548. The second-order valence-corrected chi connectivity index (χ2v) is 18.5. The van der Waals surface area contributed by atoms with Gasteiger partial charge in [0.15, 0.2) is 6.10 Å². The van der Waals surface area contributed by atoms with Gasteiger partial charge in [0.25, 0.3) is 0 Å². The van der Waals surface area contributed by atoms with Gasteiger partial charge in [-0.25, -0.2) is 0 Å². The first-order chi connectivity index (χ1) is 31.1. The first-order valence-corrected chi connectivity index (χ1v) is 27.7. The maximum Gasteiger partial charge on any atom is 0.306 e. The maximum absolute atomic E-state index is 12.8. The van der Waals surface area contributed by atoms with Crippen LogP contribution in [0.1, 0.15) is 284 Å². The van der Waals surface area contributed by atoms with Gasteiger partial charge in [-0.1, -0.05) is 256 Å². The van der Waals surface area contributed by atoms with Crippen LogP contribution in [0.3, 0.4) is 0 Å². The highest BCUT2D eigenvalue weighted by Gasteiger charge is 2.17. The number of carbonyl (C=O) groups excluding carboxylic acids is 2. The lowest BCUT2D eigenvalue weighted by molar-refractivity contribution is -0.163. The third-order valence-corrected chi connectivity index (χ3v) is 12.1. The lowest BCUT2D eigenvalue weighted by Gasteiger charge is -2.18. The minimum absolute atomic E-state index is 0.0772. The van der Waals surface area contributed by atoms with Crippen molar-refractivity contribution in [1.29, 1.82) is 0 Å². The van der Waals surface area contributed by atoms with E-state index in [4.69, 9.17) is 14.2 Å². The molecule has 5 nitrogen and oxygen atoms in total. The summed E-state index contributed by atoms with van der Waals surface area (Å²) in [6.07, 6.45) is 66.9. The van der Waals surface area contributed by atoms with Crippen molar-refractivity contribution in [3.63, 3.8) is 0 Å². The van der Waals surface area contributed by atoms with Crippen molar-refractivity contribution < 1.29 is 23.8 Å². The number of carbonyl (C=O) groups is 2. The van der Waals surface area contributed by atoms with Crippen molar-refractivity contribution in [2.75, 3.05) is 19.8 Å². The van der Waals surface area contributed by atoms with Gasteiger partial charge in [0.05, 0.1) is 6.61 Å². The average molecular weight is 883 g/mol. The Morgan fingerprint density at radius 2 is 0.667 bits per heavy atom. The molecule has 0 bridgehead atoms. The summed E-state index contributed by atoms with van der Waals surface area (Å²) >= 11 is 0. The normalized spacial score (nSPS) is 12.5. The van der Waals surface area contributed by atoms with Gasteiger partial charge < -0.3 is 14.2 Å². The molecule has 0 spiro atoms. The summed E-state index contributed by atoms with van der Waals surface area (Å²) in [6, 6.07) is 0. The SMILES string of the molecule is CCCCC/C=C\C/C=C\C/C=C\C/C=C\CCCCCC(=O)O[C@H](COCCCCCCCCCCCCCCCCCC)COC(=O)CCCCCCCCCCCCCC. The van der Waals surface area contributed by atoms with E-state index in [2.05, 4.69) is 69.4 Å². The molecule has 0 amide bonds. The Hall–Kier alpha value is -2.14. The molecule has 0 aliphatic carbocycles. The summed E-state index contributed by atoms with van der Waals surface area (Å²) in [4.78, 5) is 25.4. The highest BCUT2D eigenvalue weighted by molar-refractivity contribution is 5.70. The number of hydrogen-bond acceptors (Lipinski definition) is 5. The van der Waals surface area contributed by atoms with Crippen LogP contribution < -0.4 is 0 Å². The number of rotatable bonds is 51. The number of hydrogen-bond donors (Lipinski definition) is 0. The van der Waals surface area contributed by atoms with Crippen LogP contribution in [-0.2, 0) is 23.8 Å². The van der Waals surface area contributed by atoms with Crippen molar-refractivity contribution in [2.24, 2.45) is 0 Å². The topological polar surface area (TPSA) is 61.8 Å². The third kappa shape index (κ3) is 52.4. The van der Waals surface area contributed by atoms with Crippen molar-refractivity contribution >= 4 is 11.9 Å². The molecular formula is C58H106O5. The summed E-state index contributed by atoms with van der Waals surface area (Å²) in [5.41, 5.74) is 0. The van der Waals surface area contributed by atoms with Gasteiger partial charge in [0, 0.05) is 19.4 Å². The maximum atomic E-state index is 12.8. The Bertz CT molecular complexity index is 1040. The zero-order valence-corrected chi connectivity index (χ0v) is 42.4. The van der Waals surface area contributed by atoms with Gasteiger partial charge >= 0.3 is 11.9 Å². The number of unbranched alkanes of at least 4 members (excludes halogenated alkanes) is 32. The van der Waals surface area contributed by atoms with Gasteiger partial charge in [-0.15, -0.1) is 0 Å². The third-order valence-electron chi connectivity index (χ3n) is 12.1. The van der Waals surface area contributed by atoms with Gasteiger partial charge in [-0.05, 0) is 64.2 Å². The highest BCUT2D eigenvalue weighted by atomic mass is 16.6. The van der Waals surface area contributed by atoms with Crippen LogP contribution in [0.5, 0.6) is 0 Å². The summed E-state index contributed by atoms with van der Waals surface area (Å²) in [6.45, 7) is 7.81. The first kappa shape index (κ1) is 60.9. The molecule has 0 rings (SSSR count). The predicted octanol–water partition coefficient (Wildman–Crippen LogP) is 18.7. The van der Waals surface area contributed by atoms with E-state index in [0.29, 0.717) is 19.4 Å². The molecule has 0 unspecified atom stereocenters. The van der Waals surface area contributed by atoms with Crippen molar-refractivity contribution in [3.05, 3.63) is 48.6 Å². The van der Waals surface area contributed by atoms with Crippen LogP contribution >= 0.6 is 0 Å². The van der Waals surface area contributed by atoms with Gasteiger partial charge in [0.1, 0.15) is 6.61 Å². The van der Waals surface area contributed by atoms with Crippen LogP contribution in [0.25, 0.3) is 0 Å². The van der Waals surface area contributed by atoms with E-state index in [0.717, 1.165) is 70.6 Å². The molecule has 1 atom stereocenters. The van der Waals surface area contributed by atoms with E-state index in [1.54, 1.807) is 0 Å². The molecular weight excluding hydrogens is 777 g/mol. The molecule has 0 aliphatic heterocycles. The van der Waals surface area contributed by atoms with E-state index < -0.39 is 6.10 Å². The molecule has 0 fully saturated rings. The fourth-order valence-electron chi connectivity index (χ4n) is 7.97. The number of allylic oxidation sites excluding steroid dienone is 8. The predicted molar refractivity (Wildman–Crippen MR) is 275 cm³/mol. The fourth-order valence-corrected chi connectivity index (χ4v) is 7.97. The van der Waals surface area contributed by atoms with Crippen molar-refractivity contribution in [2.45, 2.75) is 290 Å². The van der Waals surface area contributed by atoms with Crippen LogP contribution in [0.2, 0.25) is 0 Å². The Morgan fingerprint density at radius 1 is 0.349 bits per heavy atom. The molecule has 0 aromatic carbocycles. The Balaban J connectivity index is 4.29. The molecule has 0 aromatic rings. The lowest BCUT2D eigenvalue weighted by atomic mass is 10.0. The van der Waals surface area contributed by atoms with E-state index in [1.165, 1.54) is 180 Å². The standard InChI is InChI=1S/C58H106O5/c1-4-7-10-13-16-19-22-25-27-29-30-31-32-34-37-40-43-46-49-52-58(60)63-56(55-62-57(59)51-48-45-42-39-36-24-21-18-15-12-9-6-3)54-61-53-50-47-44-41-38-35-33-28-26-23-20-17-14-11-8-5-2/h16,19,25,27,30-31,34,37,56H,4-15,17-18,20-24,26,28-29,32-33,35-36,38-55H2,1-3H3/b19-16-,27-25-,31-30-,37-34-/t56-/m1/s1. The molecule has 0 aromatic heterocycles. The van der Waals surface area contributed by atoms with Crippen LogP contribution in [0, 0.1) is 0 Å². The van der Waals surface area contributed by atoms with Crippen LogP contribution in [0.4, 0.5) is 0 Å². The molecule has 5 heteroatoms. The van der Waals surface area contributed by atoms with Gasteiger partial charge in [0.2, 0.25) is 0 Å². The Morgan fingerprint density at radius 3 is 1.10 bits per heavy atom. The zero-order valence-electron chi connectivity index (χ0n) is 42.4. The second kappa shape index (κ2) is 54.2. The average Bonchev–Trinajstić information content (AvgIpc) is 3.28. The lowest BCUT2D eigenvalue weighted by Crippen LogP contribution is -2.30. The van der Waals surface area contributed by atoms with E-state index >= 15 is 0 Å². The van der Waals surface area contributed by atoms with Crippen molar-refractivity contribution in [3.8, 4) is 0 Å². The Labute approximate surface area is 392 Å². The van der Waals surface area contributed by atoms with Crippen LogP contribution in [-0.4, -0.2) is 37.9 Å².